The number of aromatic nitrogens is 3. The Labute approximate surface area is 139 Å². The lowest BCUT2D eigenvalue weighted by molar-refractivity contribution is 0.127. The van der Waals surface area contributed by atoms with Crippen molar-refractivity contribution in [3.05, 3.63) is 18.0 Å². The molecule has 8 heteroatoms. The molecule has 2 N–H and O–H groups in total. The Balaban J connectivity index is 1.47. The molecule has 0 radical (unpaired) electrons. The highest BCUT2D eigenvalue weighted by molar-refractivity contribution is 7.19. The van der Waals surface area contributed by atoms with E-state index in [1.807, 2.05) is 20.0 Å². The number of nitrogens with one attached hydrogen (secondary N) is 2. The molecule has 23 heavy (non-hydrogen) atoms. The van der Waals surface area contributed by atoms with Crippen molar-refractivity contribution in [1.82, 2.24) is 20.1 Å². The Morgan fingerprint density at radius 3 is 3.04 bits per heavy atom. The number of amides is 2. The minimum absolute atomic E-state index is 0.259. The fourth-order valence-corrected chi connectivity index (χ4v) is 3.21. The highest BCUT2D eigenvalue weighted by Crippen LogP contribution is 2.32. The zero-order chi connectivity index (χ0) is 16.2. The first-order valence-corrected chi connectivity index (χ1v) is 8.53. The quantitative estimate of drug-likeness (QED) is 0.761. The largest absolute Gasteiger partial charge is 0.379 e. The zero-order valence-electron chi connectivity index (χ0n) is 13.3. The summed E-state index contributed by atoms with van der Waals surface area (Å²) in [5.41, 5.74) is 1.86. The number of anilines is 1. The molecule has 7 nitrogen and oxygen atoms in total. The van der Waals surface area contributed by atoms with Gasteiger partial charge in [0.05, 0.1) is 22.9 Å². The third-order valence-corrected chi connectivity index (χ3v) is 4.75. The summed E-state index contributed by atoms with van der Waals surface area (Å²) < 4.78 is 7.27. The van der Waals surface area contributed by atoms with Gasteiger partial charge < -0.3 is 10.1 Å². The van der Waals surface area contributed by atoms with E-state index >= 15 is 0 Å². The number of urea groups is 1. The summed E-state index contributed by atoms with van der Waals surface area (Å²) in [6.45, 7) is 3.77. The Hall–Kier alpha value is -1.93. The van der Waals surface area contributed by atoms with Crippen molar-refractivity contribution in [2.45, 2.75) is 19.8 Å². The van der Waals surface area contributed by atoms with Gasteiger partial charge in [-0.1, -0.05) is 11.3 Å². The van der Waals surface area contributed by atoms with Crippen LogP contribution in [0.4, 0.5) is 9.93 Å². The molecular weight excluding hydrogens is 314 g/mol. The van der Waals surface area contributed by atoms with Crippen molar-refractivity contribution in [3.8, 4) is 10.6 Å². The molecule has 1 aliphatic rings. The van der Waals surface area contributed by atoms with Crippen molar-refractivity contribution in [2.75, 3.05) is 25.1 Å². The third kappa shape index (κ3) is 4.29. The molecule has 0 saturated heterocycles. The molecule has 0 aromatic carbocycles. The standard InChI is InChI=1S/C15H21N5O2S/c1-10-13(12-5-6-17-20(12)2)23-15(18-10)19-14(21)16-7-8-22-9-11-3-4-11/h5-6,11H,3-4,7-9H2,1-2H3,(H2,16,18,19,21). The predicted molar refractivity (Wildman–Crippen MR) is 89.6 cm³/mol. The maximum Gasteiger partial charge on any atom is 0.321 e. The predicted octanol–water partition coefficient (Wildman–Crippen LogP) is 2.40. The van der Waals surface area contributed by atoms with Gasteiger partial charge in [-0.25, -0.2) is 9.78 Å². The average molecular weight is 335 g/mol. The van der Waals surface area contributed by atoms with E-state index in [0.717, 1.165) is 28.8 Å². The fourth-order valence-electron chi connectivity index (χ4n) is 2.20. The number of ether oxygens (including phenoxy) is 1. The first kappa shape index (κ1) is 15.9. The molecule has 1 aliphatic carbocycles. The molecule has 0 spiro atoms. The van der Waals surface area contributed by atoms with Gasteiger partial charge in [0, 0.05) is 26.4 Å². The van der Waals surface area contributed by atoms with E-state index in [1.54, 1.807) is 10.9 Å². The lowest BCUT2D eigenvalue weighted by atomic mass is 10.3. The summed E-state index contributed by atoms with van der Waals surface area (Å²) in [7, 11) is 1.88. The van der Waals surface area contributed by atoms with Crippen LogP contribution < -0.4 is 10.6 Å². The van der Waals surface area contributed by atoms with Crippen LogP contribution >= 0.6 is 11.3 Å². The SMILES string of the molecule is Cc1nc(NC(=O)NCCOCC2CC2)sc1-c1ccnn1C. The van der Waals surface area contributed by atoms with Crippen LogP contribution in [0.15, 0.2) is 12.3 Å². The van der Waals surface area contributed by atoms with Crippen LogP contribution in [-0.2, 0) is 11.8 Å². The first-order chi connectivity index (χ1) is 11.1. The van der Waals surface area contributed by atoms with Crippen LogP contribution in [0.5, 0.6) is 0 Å². The van der Waals surface area contributed by atoms with Gasteiger partial charge in [-0.2, -0.15) is 5.10 Å². The molecule has 0 atom stereocenters. The van der Waals surface area contributed by atoms with Crippen LogP contribution in [0.3, 0.4) is 0 Å². The van der Waals surface area contributed by atoms with Crippen molar-refractivity contribution in [3.63, 3.8) is 0 Å². The molecular formula is C15H21N5O2S. The smallest absolute Gasteiger partial charge is 0.321 e. The van der Waals surface area contributed by atoms with Crippen LogP contribution in [0.1, 0.15) is 18.5 Å². The molecule has 124 valence electrons. The van der Waals surface area contributed by atoms with Crippen molar-refractivity contribution < 1.29 is 9.53 Å². The van der Waals surface area contributed by atoms with E-state index in [9.17, 15) is 4.79 Å². The molecule has 0 unspecified atom stereocenters. The monoisotopic (exact) mass is 335 g/mol. The fraction of sp³-hybridized carbons (Fsp3) is 0.533. The molecule has 2 aromatic heterocycles. The number of thiazole rings is 1. The maximum absolute atomic E-state index is 11.9. The third-order valence-electron chi connectivity index (χ3n) is 3.65. The minimum Gasteiger partial charge on any atom is -0.379 e. The van der Waals surface area contributed by atoms with E-state index in [4.69, 9.17) is 4.74 Å². The van der Waals surface area contributed by atoms with Crippen molar-refractivity contribution >= 4 is 22.5 Å². The van der Waals surface area contributed by atoms with E-state index in [1.165, 1.54) is 24.2 Å². The molecule has 2 heterocycles. The van der Waals surface area contributed by atoms with Gasteiger partial charge >= 0.3 is 6.03 Å². The molecule has 1 fully saturated rings. The number of nitrogens with zero attached hydrogens (tertiary/aromatic N) is 3. The van der Waals surface area contributed by atoms with Gasteiger partial charge in [0.25, 0.3) is 0 Å². The van der Waals surface area contributed by atoms with Crippen molar-refractivity contribution in [1.29, 1.82) is 0 Å². The molecule has 2 amide bonds. The first-order valence-electron chi connectivity index (χ1n) is 7.72. The summed E-state index contributed by atoms with van der Waals surface area (Å²) >= 11 is 1.44. The Bertz CT molecular complexity index is 677. The molecule has 3 rings (SSSR count). The van der Waals surface area contributed by atoms with Crippen LogP contribution in [0.2, 0.25) is 0 Å². The van der Waals surface area contributed by atoms with Crippen LogP contribution in [0.25, 0.3) is 10.6 Å². The average Bonchev–Trinajstić information content (AvgIpc) is 3.13. The lowest BCUT2D eigenvalue weighted by Gasteiger charge is -2.06. The van der Waals surface area contributed by atoms with Crippen molar-refractivity contribution in [2.24, 2.45) is 13.0 Å². The number of carbonyl (C=O) groups excluding carboxylic acids is 1. The second-order valence-electron chi connectivity index (χ2n) is 5.67. The summed E-state index contributed by atoms with van der Waals surface area (Å²) in [5.74, 6) is 0.743. The normalized spacial score (nSPS) is 14.0. The lowest BCUT2D eigenvalue weighted by Crippen LogP contribution is -2.31. The van der Waals surface area contributed by atoms with Gasteiger partial charge in [0.15, 0.2) is 5.13 Å². The Kier molecular flexibility index (Phi) is 4.92. The molecule has 2 aromatic rings. The number of hydrogen-bond donors (Lipinski definition) is 2. The van der Waals surface area contributed by atoms with E-state index < -0.39 is 0 Å². The van der Waals surface area contributed by atoms with Crippen LogP contribution in [-0.4, -0.2) is 40.6 Å². The van der Waals surface area contributed by atoms with Gasteiger partial charge in [-0.15, -0.1) is 0 Å². The van der Waals surface area contributed by atoms with E-state index in [-0.39, 0.29) is 6.03 Å². The van der Waals surface area contributed by atoms with Gasteiger partial charge in [-0.3, -0.25) is 10.00 Å². The topological polar surface area (TPSA) is 81.1 Å². The zero-order valence-corrected chi connectivity index (χ0v) is 14.2. The van der Waals surface area contributed by atoms with Gasteiger partial charge in [0.1, 0.15) is 0 Å². The highest BCUT2D eigenvalue weighted by atomic mass is 32.1. The highest BCUT2D eigenvalue weighted by Gasteiger charge is 2.21. The summed E-state index contributed by atoms with van der Waals surface area (Å²) in [6, 6.07) is 1.67. The number of carbonyl (C=O) groups is 1. The maximum atomic E-state index is 11.9. The van der Waals surface area contributed by atoms with E-state index in [0.29, 0.717) is 18.3 Å². The summed E-state index contributed by atoms with van der Waals surface area (Å²) in [6.07, 6.45) is 4.29. The van der Waals surface area contributed by atoms with Gasteiger partial charge in [0.2, 0.25) is 0 Å². The molecule has 1 saturated carbocycles. The van der Waals surface area contributed by atoms with E-state index in [2.05, 4.69) is 20.7 Å². The van der Waals surface area contributed by atoms with Gasteiger partial charge in [-0.05, 0) is 31.7 Å². The molecule has 0 aliphatic heterocycles. The number of aryl methyl sites for hydroxylation is 2. The number of hydrogen-bond acceptors (Lipinski definition) is 5. The Morgan fingerprint density at radius 1 is 1.52 bits per heavy atom. The van der Waals surface area contributed by atoms with Crippen LogP contribution in [0, 0.1) is 12.8 Å². The Morgan fingerprint density at radius 2 is 2.35 bits per heavy atom. The summed E-state index contributed by atoms with van der Waals surface area (Å²) in [4.78, 5) is 17.3. The summed E-state index contributed by atoms with van der Waals surface area (Å²) in [5, 5.41) is 10.3. The minimum atomic E-state index is -0.259. The molecule has 0 bridgehead atoms. The second-order valence-corrected chi connectivity index (χ2v) is 6.67. The number of rotatable bonds is 7. The second kappa shape index (κ2) is 7.10.